The van der Waals surface area contributed by atoms with E-state index in [0.717, 1.165) is 22.9 Å². The van der Waals surface area contributed by atoms with Gasteiger partial charge < -0.3 is 10.4 Å². The molecular weight excluding hydrogens is 416 g/mol. The number of imide groups is 1. The number of aryl methyl sites for hydroxylation is 2. The third-order valence-electron chi connectivity index (χ3n) is 4.72. The molecule has 0 bridgehead atoms. The number of nitrogens with zero attached hydrogens (tertiary/aromatic N) is 2. The summed E-state index contributed by atoms with van der Waals surface area (Å²) in [4.78, 5) is 41.7. The van der Waals surface area contributed by atoms with Crippen LogP contribution in [0.25, 0.3) is 10.9 Å². The normalized spacial score (nSPS) is 10.8. The fourth-order valence-electron chi connectivity index (χ4n) is 2.96. The molecular formula is C22H24N4O4S. The summed E-state index contributed by atoms with van der Waals surface area (Å²) < 4.78 is 1.45. The lowest BCUT2D eigenvalue weighted by atomic mass is 10.1. The van der Waals surface area contributed by atoms with Crippen LogP contribution in [-0.4, -0.2) is 39.0 Å². The van der Waals surface area contributed by atoms with E-state index in [9.17, 15) is 14.4 Å². The van der Waals surface area contributed by atoms with Crippen molar-refractivity contribution < 1.29 is 14.7 Å². The Kier molecular flexibility index (Phi) is 7.43. The number of carbonyl (C=O) groups is 2. The molecule has 0 spiro atoms. The van der Waals surface area contributed by atoms with E-state index in [1.165, 1.54) is 4.57 Å². The Hall–Kier alpha value is -3.17. The second-order valence-electron chi connectivity index (χ2n) is 7.04. The van der Waals surface area contributed by atoms with Crippen molar-refractivity contribution in [3.05, 3.63) is 63.9 Å². The van der Waals surface area contributed by atoms with Gasteiger partial charge >= 0.3 is 6.03 Å². The van der Waals surface area contributed by atoms with Gasteiger partial charge in [0.25, 0.3) is 5.56 Å². The number of anilines is 1. The van der Waals surface area contributed by atoms with Crippen molar-refractivity contribution in [3.8, 4) is 0 Å². The number of hydrogen-bond donors (Lipinski definition) is 3. The highest BCUT2D eigenvalue weighted by molar-refractivity contribution is 7.99. The van der Waals surface area contributed by atoms with Crippen LogP contribution in [0.5, 0.6) is 0 Å². The van der Waals surface area contributed by atoms with Gasteiger partial charge in [0.1, 0.15) is 0 Å². The fraction of sp³-hybridized carbons (Fsp3) is 0.273. The van der Waals surface area contributed by atoms with Crippen LogP contribution in [0.2, 0.25) is 0 Å². The van der Waals surface area contributed by atoms with Crippen LogP contribution in [0.3, 0.4) is 0 Å². The summed E-state index contributed by atoms with van der Waals surface area (Å²) >= 11 is 1.07. The molecule has 3 N–H and O–H groups in total. The first kappa shape index (κ1) is 22.5. The molecule has 0 aliphatic carbocycles. The number of nitrogens with one attached hydrogen (secondary N) is 2. The summed E-state index contributed by atoms with van der Waals surface area (Å²) in [6.07, 6.45) is 0.387. The Morgan fingerprint density at radius 1 is 1.13 bits per heavy atom. The molecule has 0 aliphatic rings. The molecule has 1 aromatic heterocycles. The van der Waals surface area contributed by atoms with Gasteiger partial charge in [0.15, 0.2) is 5.16 Å². The lowest BCUT2D eigenvalue weighted by Crippen LogP contribution is -2.35. The zero-order chi connectivity index (χ0) is 22.4. The molecule has 0 fully saturated rings. The molecule has 0 saturated heterocycles. The summed E-state index contributed by atoms with van der Waals surface area (Å²) in [6.45, 7) is 4.13. The Bertz CT molecular complexity index is 1180. The maximum absolute atomic E-state index is 12.8. The van der Waals surface area contributed by atoms with E-state index < -0.39 is 11.9 Å². The van der Waals surface area contributed by atoms with E-state index in [1.54, 1.807) is 30.3 Å². The quantitative estimate of drug-likeness (QED) is 0.385. The molecule has 31 heavy (non-hydrogen) atoms. The van der Waals surface area contributed by atoms with Crippen molar-refractivity contribution in [2.24, 2.45) is 0 Å². The van der Waals surface area contributed by atoms with E-state index in [-0.39, 0.29) is 24.5 Å². The standard InChI is InChI=1S/C22H24N4O4S/c1-14-8-9-16(12-15(14)2)23-21(30)25-19(28)13-31-22-24-18-7-4-3-6-17(18)20(29)26(22)10-5-11-27/h3-4,6-9,12,27H,5,10-11,13H2,1-2H3,(H2,23,25,28,30). The summed E-state index contributed by atoms with van der Waals surface area (Å²) in [7, 11) is 0. The molecule has 9 heteroatoms. The van der Waals surface area contributed by atoms with Crippen LogP contribution in [-0.2, 0) is 11.3 Å². The van der Waals surface area contributed by atoms with E-state index in [2.05, 4.69) is 15.6 Å². The minimum absolute atomic E-state index is 0.0669. The molecule has 0 atom stereocenters. The number of benzene rings is 2. The number of aliphatic hydroxyl groups excluding tert-OH is 1. The summed E-state index contributed by atoms with van der Waals surface area (Å²) in [5.74, 6) is -0.605. The number of rotatable bonds is 7. The predicted molar refractivity (Wildman–Crippen MR) is 122 cm³/mol. The van der Waals surface area contributed by atoms with Gasteiger partial charge in [-0.2, -0.15) is 0 Å². The number of aromatic nitrogens is 2. The molecule has 0 aliphatic heterocycles. The van der Waals surface area contributed by atoms with Gasteiger partial charge in [-0.1, -0.05) is 30.0 Å². The monoisotopic (exact) mass is 440 g/mol. The van der Waals surface area contributed by atoms with E-state index >= 15 is 0 Å². The number of urea groups is 1. The minimum atomic E-state index is -0.627. The third kappa shape index (κ3) is 5.71. The molecule has 1 heterocycles. The van der Waals surface area contributed by atoms with E-state index in [1.807, 2.05) is 26.0 Å². The van der Waals surface area contributed by atoms with Crippen molar-refractivity contribution in [1.82, 2.24) is 14.9 Å². The van der Waals surface area contributed by atoms with Crippen LogP contribution >= 0.6 is 11.8 Å². The smallest absolute Gasteiger partial charge is 0.325 e. The van der Waals surface area contributed by atoms with Gasteiger partial charge in [0, 0.05) is 18.8 Å². The molecule has 0 saturated carbocycles. The SMILES string of the molecule is Cc1ccc(NC(=O)NC(=O)CSc2nc3ccccc3c(=O)n2CCCO)cc1C. The first-order chi connectivity index (χ1) is 14.9. The Labute approximate surface area is 183 Å². The number of fused-ring (bicyclic) bond motifs is 1. The summed E-state index contributed by atoms with van der Waals surface area (Å²) in [5.41, 5.74) is 3.03. The third-order valence-corrected chi connectivity index (χ3v) is 5.69. The zero-order valence-electron chi connectivity index (χ0n) is 17.3. The number of para-hydroxylation sites is 1. The first-order valence-corrected chi connectivity index (χ1v) is 10.8. The van der Waals surface area contributed by atoms with Crippen LogP contribution in [0.1, 0.15) is 17.5 Å². The average Bonchev–Trinajstić information content (AvgIpc) is 2.74. The summed E-state index contributed by atoms with van der Waals surface area (Å²) in [5, 5.41) is 14.9. The second kappa shape index (κ2) is 10.2. The fourth-order valence-corrected chi connectivity index (χ4v) is 3.78. The second-order valence-corrected chi connectivity index (χ2v) is 7.98. The minimum Gasteiger partial charge on any atom is -0.396 e. The largest absolute Gasteiger partial charge is 0.396 e. The van der Waals surface area contributed by atoms with Crippen LogP contribution in [0, 0.1) is 13.8 Å². The Morgan fingerprint density at radius 2 is 1.90 bits per heavy atom. The molecule has 3 rings (SSSR count). The molecule has 0 unspecified atom stereocenters. The zero-order valence-corrected chi connectivity index (χ0v) is 18.2. The van der Waals surface area contributed by atoms with Crippen LogP contribution in [0.4, 0.5) is 10.5 Å². The lowest BCUT2D eigenvalue weighted by Gasteiger charge is -2.12. The number of hydrogen-bond acceptors (Lipinski definition) is 6. The molecule has 8 nitrogen and oxygen atoms in total. The van der Waals surface area contributed by atoms with Crippen molar-refractivity contribution in [2.45, 2.75) is 32.0 Å². The highest BCUT2D eigenvalue weighted by atomic mass is 32.2. The number of amides is 3. The van der Waals surface area contributed by atoms with Crippen LogP contribution in [0.15, 0.2) is 52.4 Å². The molecule has 3 aromatic rings. The molecule has 3 amide bonds. The maximum Gasteiger partial charge on any atom is 0.325 e. The lowest BCUT2D eigenvalue weighted by molar-refractivity contribution is -0.117. The van der Waals surface area contributed by atoms with Crippen molar-refractivity contribution in [2.75, 3.05) is 17.7 Å². The molecule has 0 radical (unpaired) electrons. The molecule has 162 valence electrons. The maximum atomic E-state index is 12.8. The van der Waals surface area contributed by atoms with E-state index in [0.29, 0.717) is 28.2 Å². The van der Waals surface area contributed by atoms with Gasteiger partial charge in [0.05, 0.1) is 16.7 Å². The predicted octanol–water partition coefficient (Wildman–Crippen LogP) is 2.84. The topological polar surface area (TPSA) is 113 Å². The van der Waals surface area contributed by atoms with Gasteiger partial charge in [-0.05, 0) is 55.7 Å². The van der Waals surface area contributed by atoms with Gasteiger partial charge in [-0.15, -0.1) is 0 Å². The summed E-state index contributed by atoms with van der Waals surface area (Å²) in [6, 6.07) is 11.8. The van der Waals surface area contributed by atoms with Crippen molar-refractivity contribution >= 4 is 40.3 Å². The average molecular weight is 441 g/mol. The Balaban J connectivity index is 1.68. The molecule has 2 aromatic carbocycles. The van der Waals surface area contributed by atoms with Gasteiger partial charge in [0.2, 0.25) is 5.91 Å². The van der Waals surface area contributed by atoms with E-state index in [4.69, 9.17) is 5.11 Å². The number of carbonyl (C=O) groups excluding carboxylic acids is 2. The number of aliphatic hydroxyl groups is 1. The Morgan fingerprint density at radius 3 is 2.65 bits per heavy atom. The first-order valence-electron chi connectivity index (χ1n) is 9.80. The number of thioether (sulfide) groups is 1. The highest BCUT2D eigenvalue weighted by Gasteiger charge is 2.14. The highest BCUT2D eigenvalue weighted by Crippen LogP contribution is 2.18. The van der Waals surface area contributed by atoms with Crippen molar-refractivity contribution in [1.29, 1.82) is 0 Å². The van der Waals surface area contributed by atoms with Crippen LogP contribution < -0.4 is 16.2 Å². The van der Waals surface area contributed by atoms with Crippen molar-refractivity contribution in [3.63, 3.8) is 0 Å². The van der Waals surface area contributed by atoms with Gasteiger partial charge in [-0.3, -0.25) is 19.5 Å². The van der Waals surface area contributed by atoms with Gasteiger partial charge in [-0.25, -0.2) is 9.78 Å².